The number of halogens is 1. The second-order valence-corrected chi connectivity index (χ2v) is 14.3. The zero-order valence-corrected chi connectivity index (χ0v) is 16.4. The van der Waals surface area contributed by atoms with Gasteiger partial charge in [0.05, 0.1) is 0 Å². The summed E-state index contributed by atoms with van der Waals surface area (Å²) < 4.78 is 17.5. The highest BCUT2D eigenvalue weighted by molar-refractivity contribution is 7.59. The highest BCUT2D eigenvalue weighted by atomic mass is 35.5. The summed E-state index contributed by atoms with van der Waals surface area (Å²) in [6.45, 7) is 11.0. The molecule has 0 spiro atoms. The Balaban J connectivity index is 2.30. The molecule has 1 aliphatic heterocycles. The van der Waals surface area contributed by atoms with Crippen LogP contribution < -0.4 is 4.89 Å². The highest BCUT2D eigenvalue weighted by Crippen LogP contribution is 2.68. The first-order valence-corrected chi connectivity index (χ1v) is 12.7. The standard InChI is InChI=1S/C15H24ClO4PSi/c1-15(2)10-18-21(17,19-11-15)14(20-22(3,4)5)12-6-8-13(16)9-7-12/h6-9,14H,10-11H2,1-5H3. The Hall–Kier alpha value is -0.00312. The van der Waals surface area contributed by atoms with Crippen LogP contribution in [0.2, 0.25) is 24.7 Å². The van der Waals surface area contributed by atoms with Gasteiger partial charge >= 0.3 is 0 Å². The van der Waals surface area contributed by atoms with Crippen LogP contribution in [-0.2, 0) is 13.5 Å². The third kappa shape index (κ3) is 4.75. The van der Waals surface area contributed by atoms with Crippen molar-refractivity contribution < 1.29 is 18.4 Å². The molecule has 0 saturated carbocycles. The van der Waals surface area contributed by atoms with Gasteiger partial charge in [0.2, 0.25) is 5.85 Å². The van der Waals surface area contributed by atoms with Gasteiger partial charge in [-0.25, -0.2) is 9.05 Å². The number of rotatable bonds is 4. The van der Waals surface area contributed by atoms with Crippen molar-refractivity contribution in [2.75, 3.05) is 13.2 Å². The predicted octanol–water partition coefficient (Wildman–Crippen LogP) is 4.39. The van der Waals surface area contributed by atoms with Crippen LogP contribution >= 0.6 is 19.5 Å². The minimum atomic E-state index is -3.37. The first-order chi connectivity index (χ1) is 10.0. The Morgan fingerprint density at radius 2 is 1.68 bits per heavy atom. The molecule has 1 unspecified atom stereocenters. The SMILES string of the molecule is CC1(C)CO[P+]([O-])(C(O[Si](C)(C)C)c2ccc(Cl)cc2)OC1. The van der Waals surface area contributed by atoms with E-state index in [9.17, 15) is 4.89 Å². The van der Waals surface area contributed by atoms with Gasteiger partial charge in [0.25, 0.3) is 7.94 Å². The lowest BCUT2D eigenvalue weighted by atomic mass is 9.97. The van der Waals surface area contributed by atoms with Crippen molar-refractivity contribution in [1.82, 2.24) is 0 Å². The van der Waals surface area contributed by atoms with Crippen molar-refractivity contribution in [3.63, 3.8) is 0 Å². The molecule has 2 rings (SSSR count). The third-order valence-corrected chi connectivity index (χ3v) is 6.53. The van der Waals surface area contributed by atoms with Crippen LogP contribution in [0, 0.1) is 5.41 Å². The second-order valence-electron chi connectivity index (χ2n) is 7.39. The molecule has 0 radical (unpaired) electrons. The summed E-state index contributed by atoms with van der Waals surface area (Å²) in [4.78, 5) is 13.2. The van der Waals surface area contributed by atoms with E-state index in [2.05, 4.69) is 19.6 Å². The Morgan fingerprint density at radius 3 is 2.14 bits per heavy atom. The minimum absolute atomic E-state index is 0.141. The van der Waals surface area contributed by atoms with Gasteiger partial charge in [-0.15, -0.1) is 0 Å². The molecule has 124 valence electrons. The molecular formula is C15H24ClO4PSi. The van der Waals surface area contributed by atoms with Crippen LogP contribution in [0.1, 0.15) is 25.3 Å². The van der Waals surface area contributed by atoms with Gasteiger partial charge in [-0.2, -0.15) is 0 Å². The van der Waals surface area contributed by atoms with Crippen molar-refractivity contribution in [2.45, 2.75) is 39.3 Å². The molecule has 0 N–H and O–H groups in total. The van der Waals surface area contributed by atoms with Gasteiger partial charge in [0, 0.05) is 16.0 Å². The molecule has 0 amide bonds. The summed E-state index contributed by atoms with van der Waals surface area (Å²) in [5.41, 5.74) is 0.632. The van der Waals surface area contributed by atoms with Gasteiger partial charge in [0.15, 0.2) is 8.32 Å². The van der Waals surface area contributed by atoms with Crippen molar-refractivity contribution in [1.29, 1.82) is 0 Å². The largest absolute Gasteiger partial charge is 0.629 e. The van der Waals surface area contributed by atoms with E-state index in [1.807, 2.05) is 26.0 Å². The molecule has 0 bridgehead atoms. The zero-order valence-electron chi connectivity index (χ0n) is 13.8. The van der Waals surface area contributed by atoms with Crippen molar-refractivity contribution >= 4 is 27.9 Å². The topological polar surface area (TPSA) is 50.8 Å². The van der Waals surface area contributed by atoms with Crippen LogP contribution in [0.25, 0.3) is 0 Å². The van der Waals surface area contributed by atoms with E-state index in [-0.39, 0.29) is 5.41 Å². The lowest BCUT2D eigenvalue weighted by Gasteiger charge is -2.42. The number of hydrogen-bond donors (Lipinski definition) is 0. The van der Waals surface area contributed by atoms with E-state index in [1.165, 1.54) is 0 Å². The monoisotopic (exact) mass is 362 g/mol. The normalized spacial score (nSPS) is 22.3. The Bertz CT molecular complexity index is 505. The lowest BCUT2D eigenvalue weighted by Crippen LogP contribution is -2.40. The first-order valence-electron chi connectivity index (χ1n) is 7.33. The molecule has 0 aromatic heterocycles. The third-order valence-electron chi connectivity index (χ3n) is 3.18. The maximum atomic E-state index is 13.2. The van der Waals surface area contributed by atoms with Crippen molar-refractivity contribution in [3.8, 4) is 0 Å². The lowest BCUT2D eigenvalue weighted by molar-refractivity contribution is -0.242. The van der Waals surface area contributed by atoms with Gasteiger partial charge in [-0.05, 0) is 31.8 Å². The Labute approximate surface area is 139 Å². The molecule has 7 heteroatoms. The van der Waals surface area contributed by atoms with E-state index >= 15 is 0 Å². The molecule has 22 heavy (non-hydrogen) atoms. The molecule has 1 aromatic rings. The Kier molecular flexibility index (Phi) is 5.40. The minimum Gasteiger partial charge on any atom is -0.629 e. The summed E-state index contributed by atoms with van der Waals surface area (Å²) in [5, 5.41) is 0.625. The average molecular weight is 363 g/mol. The molecule has 0 aliphatic carbocycles. The number of benzene rings is 1. The molecule has 1 fully saturated rings. The fourth-order valence-corrected chi connectivity index (χ4v) is 6.36. The molecule has 1 atom stereocenters. The van der Waals surface area contributed by atoms with E-state index in [4.69, 9.17) is 25.1 Å². The molecule has 1 heterocycles. The van der Waals surface area contributed by atoms with E-state index in [0.29, 0.717) is 18.2 Å². The fraction of sp³-hybridized carbons (Fsp3) is 0.600. The highest BCUT2D eigenvalue weighted by Gasteiger charge is 2.50. The van der Waals surface area contributed by atoms with Crippen LogP contribution in [0.3, 0.4) is 0 Å². The molecular weight excluding hydrogens is 339 g/mol. The van der Waals surface area contributed by atoms with E-state index in [0.717, 1.165) is 5.56 Å². The van der Waals surface area contributed by atoms with Crippen LogP contribution in [-0.4, -0.2) is 21.5 Å². The van der Waals surface area contributed by atoms with E-state index < -0.39 is 22.1 Å². The summed E-state index contributed by atoms with van der Waals surface area (Å²) in [5.74, 6) is -0.701. The van der Waals surface area contributed by atoms with Crippen LogP contribution in [0.15, 0.2) is 24.3 Å². The second kappa shape index (κ2) is 6.48. The maximum absolute atomic E-state index is 13.2. The maximum Gasteiger partial charge on any atom is 0.271 e. The molecule has 1 aromatic carbocycles. The summed E-state index contributed by atoms with van der Waals surface area (Å²) in [7, 11) is -5.32. The first kappa shape index (κ1) is 18.3. The van der Waals surface area contributed by atoms with Crippen molar-refractivity contribution in [2.24, 2.45) is 5.41 Å². The predicted molar refractivity (Wildman–Crippen MR) is 91.2 cm³/mol. The molecule has 4 nitrogen and oxygen atoms in total. The molecule has 1 aliphatic rings. The van der Waals surface area contributed by atoms with Gasteiger partial charge in [-0.1, -0.05) is 37.6 Å². The van der Waals surface area contributed by atoms with Gasteiger partial charge in [0.1, 0.15) is 13.2 Å². The smallest absolute Gasteiger partial charge is 0.271 e. The Morgan fingerprint density at radius 1 is 1.18 bits per heavy atom. The molecule has 1 saturated heterocycles. The summed E-state index contributed by atoms with van der Waals surface area (Å²) in [6, 6.07) is 7.16. The fourth-order valence-electron chi connectivity index (χ4n) is 2.02. The quantitative estimate of drug-likeness (QED) is 0.589. The summed E-state index contributed by atoms with van der Waals surface area (Å²) in [6.07, 6.45) is 0. The van der Waals surface area contributed by atoms with Crippen LogP contribution in [0.4, 0.5) is 0 Å². The zero-order chi connectivity index (χ0) is 16.6. The van der Waals surface area contributed by atoms with Gasteiger partial charge < -0.3 is 9.32 Å². The summed E-state index contributed by atoms with van der Waals surface area (Å²) >= 11 is 5.94. The van der Waals surface area contributed by atoms with E-state index in [1.54, 1.807) is 12.1 Å². The average Bonchev–Trinajstić information content (AvgIpc) is 2.40. The number of hydrogen-bond acceptors (Lipinski definition) is 4. The van der Waals surface area contributed by atoms with Crippen molar-refractivity contribution in [3.05, 3.63) is 34.9 Å². The van der Waals surface area contributed by atoms with Gasteiger partial charge in [-0.3, -0.25) is 0 Å². The van der Waals surface area contributed by atoms with Crippen LogP contribution in [0.5, 0.6) is 0 Å².